The fraction of sp³-hybridized carbons (Fsp3) is 0.296. The molecule has 3 heterocycles. The number of carbonyl (C=O) groups is 2. The number of aryl methyl sites for hydroxylation is 1. The minimum absolute atomic E-state index is 0.101. The van der Waals surface area contributed by atoms with Crippen LogP contribution in [-0.2, 0) is 19.0 Å². The van der Waals surface area contributed by atoms with Gasteiger partial charge in [-0.25, -0.2) is 4.79 Å². The number of aromatic nitrogens is 4. The van der Waals surface area contributed by atoms with Crippen molar-refractivity contribution in [3.8, 4) is 0 Å². The molecular weight excluding hydrogens is 512 g/mol. The molecule has 5 rings (SSSR count). The number of carbonyl (C=O) groups excluding carboxylic acids is 2. The third-order valence-corrected chi connectivity index (χ3v) is 5.71. The maximum atomic E-state index is 12.5. The summed E-state index contributed by atoms with van der Waals surface area (Å²) in [6, 6.07) is 16.5. The Morgan fingerprint density at radius 3 is 2.50 bits per heavy atom. The summed E-state index contributed by atoms with van der Waals surface area (Å²) in [6.07, 6.45) is 1.30. The molecule has 0 bridgehead atoms. The van der Waals surface area contributed by atoms with Crippen LogP contribution in [0.4, 0.5) is 0 Å². The van der Waals surface area contributed by atoms with Crippen molar-refractivity contribution in [3.63, 3.8) is 0 Å². The van der Waals surface area contributed by atoms with Crippen LogP contribution in [0.1, 0.15) is 48.1 Å². The average Bonchev–Trinajstić information content (AvgIpc) is 3.54. The molecule has 1 saturated heterocycles. The van der Waals surface area contributed by atoms with Gasteiger partial charge in [0.05, 0.1) is 5.56 Å². The molecule has 0 saturated carbocycles. The van der Waals surface area contributed by atoms with Crippen molar-refractivity contribution in [2.75, 3.05) is 6.61 Å². The van der Waals surface area contributed by atoms with Gasteiger partial charge in [-0.15, -0.1) is 10.2 Å². The first-order valence-electron chi connectivity index (χ1n) is 12.1. The Balaban J connectivity index is 0.000000381. The molecule has 4 aromatic rings. The van der Waals surface area contributed by atoms with Crippen molar-refractivity contribution in [3.05, 3.63) is 99.3 Å². The van der Waals surface area contributed by atoms with E-state index in [0.29, 0.717) is 22.9 Å². The van der Waals surface area contributed by atoms with Crippen molar-refractivity contribution in [2.24, 2.45) is 0 Å². The quantitative estimate of drug-likeness (QED) is 0.283. The van der Waals surface area contributed by atoms with Gasteiger partial charge in [0.15, 0.2) is 5.82 Å². The van der Waals surface area contributed by atoms with Crippen LogP contribution < -0.4 is 5.56 Å². The average molecular weight is 541 g/mol. The van der Waals surface area contributed by atoms with Gasteiger partial charge >= 0.3 is 5.97 Å². The highest BCUT2D eigenvalue weighted by atomic mass is 35.5. The highest BCUT2D eigenvalue weighted by Gasteiger charge is 2.41. The maximum absolute atomic E-state index is 12.5. The summed E-state index contributed by atoms with van der Waals surface area (Å²) in [7, 11) is 0. The first-order chi connectivity index (χ1) is 18.5. The molecule has 200 valence electrons. The number of ether oxygens (including phenoxy) is 3. The fourth-order valence-electron chi connectivity index (χ4n) is 3.69. The smallest absolute Gasteiger partial charge is 0.338 e. The molecule has 10 nitrogen and oxygen atoms in total. The van der Waals surface area contributed by atoms with Gasteiger partial charge in [0, 0.05) is 23.8 Å². The van der Waals surface area contributed by atoms with Crippen molar-refractivity contribution < 1.29 is 23.8 Å². The molecular formula is C27H29ClN4O6. The van der Waals surface area contributed by atoms with Crippen LogP contribution >= 0.6 is 11.6 Å². The molecule has 3 unspecified atom stereocenters. The normalized spacial score (nSPS) is 17.9. The predicted molar refractivity (Wildman–Crippen MR) is 141 cm³/mol. The second-order valence-electron chi connectivity index (χ2n) is 7.97. The topological polar surface area (TPSA) is 125 Å². The molecule has 1 N–H and O–H groups in total. The molecule has 1 aliphatic heterocycles. The predicted octanol–water partition coefficient (Wildman–Crippen LogP) is 4.32. The molecule has 2 aromatic carbocycles. The second kappa shape index (κ2) is 14.1. The lowest BCUT2D eigenvalue weighted by Crippen LogP contribution is -2.31. The van der Waals surface area contributed by atoms with E-state index in [2.05, 4.69) is 34.2 Å². The summed E-state index contributed by atoms with van der Waals surface area (Å²) < 4.78 is 17.8. The number of esters is 1. The minimum atomic E-state index is -0.698. The molecule has 11 heteroatoms. The monoisotopic (exact) mass is 540 g/mol. The third-order valence-electron chi connectivity index (χ3n) is 5.46. The van der Waals surface area contributed by atoms with Crippen molar-refractivity contribution >= 4 is 29.7 Å². The second-order valence-corrected chi connectivity index (χ2v) is 8.41. The molecule has 38 heavy (non-hydrogen) atoms. The number of fused-ring (bicyclic) bond motifs is 1. The number of hydrogen-bond acceptors (Lipinski definition) is 8. The highest BCUT2D eigenvalue weighted by molar-refractivity contribution is 6.30. The van der Waals surface area contributed by atoms with Gasteiger partial charge in [0.2, 0.25) is 5.65 Å². The first-order valence-corrected chi connectivity index (χ1v) is 12.4. The van der Waals surface area contributed by atoms with E-state index < -0.39 is 29.8 Å². The zero-order valence-electron chi connectivity index (χ0n) is 21.2. The molecule has 3 atom stereocenters. The van der Waals surface area contributed by atoms with Gasteiger partial charge in [-0.05, 0) is 31.2 Å². The third kappa shape index (κ3) is 7.27. The first kappa shape index (κ1) is 28.5. The number of rotatable bonds is 6. The molecule has 1 aliphatic rings. The Labute approximate surface area is 224 Å². The minimum Gasteiger partial charge on any atom is -0.465 e. The lowest BCUT2D eigenvalue weighted by atomic mass is 10.1. The Bertz CT molecular complexity index is 1370. The number of halogens is 1. The number of H-pyrrole nitrogens is 1. The number of benzene rings is 2. The summed E-state index contributed by atoms with van der Waals surface area (Å²) in [6.45, 7) is 6.27. The summed E-state index contributed by atoms with van der Waals surface area (Å²) >= 11 is 5.84. The lowest BCUT2D eigenvalue weighted by Gasteiger charge is -2.17. The molecule has 1 fully saturated rings. The zero-order valence-corrected chi connectivity index (χ0v) is 22.0. The number of aromatic amines is 1. The molecule has 0 amide bonds. The fourth-order valence-corrected chi connectivity index (χ4v) is 3.82. The Kier molecular flexibility index (Phi) is 10.6. The van der Waals surface area contributed by atoms with Crippen LogP contribution in [0.25, 0.3) is 5.65 Å². The molecule has 0 radical (unpaired) electrons. The van der Waals surface area contributed by atoms with Gasteiger partial charge in [0.1, 0.15) is 24.9 Å². The summed E-state index contributed by atoms with van der Waals surface area (Å²) in [5.74, 6) is -0.179. The van der Waals surface area contributed by atoms with E-state index in [1.165, 1.54) is 16.2 Å². The van der Waals surface area contributed by atoms with Crippen LogP contribution in [0.2, 0.25) is 5.02 Å². The Hall–Kier alpha value is -4.02. The number of nitrogens with one attached hydrogen (secondary N) is 1. The SMILES string of the molecule is CC.Cc1ccccc1.O=COCC1OC(c2nnc3c(=O)[nH]ccn23)CC1OC(=O)c1ccc(Cl)cc1. The number of hydrogen-bond donors (Lipinski definition) is 1. The van der Waals surface area contributed by atoms with E-state index >= 15 is 0 Å². The van der Waals surface area contributed by atoms with Crippen molar-refractivity contribution in [1.29, 1.82) is 0 Å². The lowest BCUT2D eigenvalue weighted by molar-refractivity contribution is -0.134. The van der Waals surface area contributed by atoms with E-state index in [9.17, 15) is 14.4 Å². The Morgan fingerprint density at radius 2 is 1.87 bits per heavy atom. The van der Waals surface area contributed by atoms with Gasteiger partial charge in [0.25, 0.3) is 12.0 Å². The largest absolute Gasteiger partial charge is 0.465 e. The van der Waals surface area contributed by atoms with Gasteiger partial charge in [-0.1, -0.05) is 61.3 Å². The van der Waals surface area contributed by atoms with E-state index in [1.54, 1.807) is 30.5 Å². The summed E-state index contributed by atoms with van der Waals surface area (Å²) in [5.41, 5.74) is 1.37. The maximum Gasteiger partial charge on any atom is 0.338 e. The standard InChI is InChI=1S/C18H15ClN4O6.C7H8.C2H6/c19-11-3-1-10(2-4-11)18(26)29-12-7-13(28-14(12)8-27-9-24)15-21-22-16-17(25)20-5-6-23(15)16;1-7-5-3-2-4-6-7;1-2/h1-6,9,12-14H,7-8H2,(H,20,25);2-6H,1H3;1-2H3. The van der Waals surface area contributed by atoms with Gasteiger partial charge in [-0.2, -0.15) is 0 Å². The van der Waals surface area contributed by atoms with Crippen LogP contribution in [0.5, 0.6) is 0 Å². The Morgan fingerprint density at radius 1 is 1.16 bits per heavy atom. The van der Waals surface area contributed by atoms with E-state index in [4.69, 9.17) is 25.8 Å². The van der Waals surface area contributed by atoms with Crippen LogP contribution in [0.15, 0.2) is 71.8 Å². The molecule has 0 aliphatic carbocycles. The van der Waals surface area contributed by atoms with Gasteiger partial charge in [-0.3, -0.25) is 14.0 Å². The highest BCUT2D eigenvalue weighted by Crippen LogP contribution is 2.34. The molecule has 0 spiro atoms. The van der Waals surface area contributed by atoms with E-state index in [0.717, 1.165) is 0 Å². The zero-order chi connectivity index (χ0) is 27.5. The van der Waals surface area contributed by atoms with Crippen molar-refractivity contribution in [1.82, 2.24) is 19.6 Å². The van der Waals surface area contributed by atoms with Crippen LogP contribution in [0.3, 0.4) is 0 Å². The van der Waals surface area contributed by atoms with E-state index in [1.807, 2.05) is 32.0 Å². The van der Waals surface area contributed by atoms with Crippen molar-refractivity contribution in [2.45, 2.75) is 45.5 Å². The number of nitrogens with zero attached hydrogens (tertiary/aromatic N) is 3. The summed E-state index contributed by atoms with van der Waals surface area (Å²) in [5, 5.41) is 8.41. The van der Waals surface area contributed by atoms with Gasteiger partial charge < -0.3 is 19.2 Å². The molecule has 2 aromatic heterocycles. The van der Waals surface area contributed by atoms with Crippen LogP contribution in [-0.4, -0.2) is 50.8 Å². The van der Waals surface area contributed by atoms with Crippen LogP contribution in [0, 0.1) is 6.92 Å². The summed E-state index contributed by atoms with van der Waals surface area (Å²) in [4.78, 5) is 37.4. The van der Waals surface area contributed by atoms with E-state index in [-0.39, 0.29) is 18.7 Å².